The lowest BCUT2D eigenvalue weighted by Gasteiger charge is -2.34. The number of aryl methyl sites for hydroxylation is 1. The molecular formula is C13H17BrN2O2. The molecule has 1 aromatic rings. The third-order valence-electron chi connectivity index (χ3n) is 3.44. The smallest absolute Gasteiger partial charge is 0.259 e. The zero-order chi connectivity index (χ0) is 13.3. The number of piperidine rings is 1. The number of rotatable bonds is 1. The van der Waals surface area contributed by atoms with Gasteiger partial charge in [0.2, 0.25) is 0 Å². The molecule has 0 aliphatic carbocycles. The first kappa shape index (κ1) is 13.3. The highest BCUT2D eigenvalue weighted by molar-refractivity contribution is 9.09. The molecule has 5 heteroatoms. The number of hydrogen-bond acceptors (Lipinski definition) is 2. The summed E-state index contributed by atoms with van der Waals surface area (Å²) in [6, 6.07) is 1.46. The topological polar surface area (TPSA) is 53.2 Å². The number of alkyl halides is 1. The Bertz CT molecular complexity index is 512. The summed E-state index contributed by atoms with van der Waals surface area (Å²) in [6.07, 6.45) is 2.48. The summed E-state index contributed by atoms with van der Waals surface area (Å²) in [5.41, 5.74) is 0.790. The van der Waals surface area contributed by atoms with Crippen LogP contribution >= 0.6 is 15.9 Å². The fourth-order valence-electron chi connectivity index (χ4n) is 2.12. The minimum Gasteiger partial charge on any atom is -0.364 e. The molecule has 1 N–H and O–H groups in total. The maximum atomic E-state index is 12.3. The van der Waals surface area contributed by atoms with Gasteiger partial charge in [0, 0.05) is 35.9 Å². The molecule has 4 nitrogen and oxygen atoms in total. The van der Waals surface area contributed by atoms with Crippen LogP contribution in [0.1, 0.15) is 29.4 Å². The number of H-pyrrole nitrogens is 1. The highest BCUT2D eigenvalue weighted by Crippen LogP contribution is 2.23. The lowest BCUT2D eigenvalue weighted by Crippen LogP contribution is -2.44. The number of amides is 1. The van der Waals surface area contributed by atoms with Crippen molar-refractivity contribution in [3.63, 3.8) is 0 Å². The van der Waals surface area contributed by atoms with Gasteiger partial charge >= 0.3 is 0 Å². The van der Waals surface area contributed by atoms with E-state index in [1.165, 1.54) is 12.3 Å². The number of pyridine rings is 1. The Morgan fingerprint density at radius 3 is 2.89 bits per heavy atom. The first-order chi connectivity index (χ1) is 8.49. The molecular weight excluding hydrogens is 296 g/mol. The molecule has 1 aromatic heterocycles. The Balaban J connectivity index is 2.19. The second-order valence-corrected chi connectivity index (χ2v) is 6.10. The minimum absolute atomic E-state index is 0.174. The summed E-state index contributed by atoms with van der Waals surface area (Å²) in [4.78, 5) is 29.0. The third-order valence-corrected chi connectivity index (χ3v) is 4.63. The second-order valence-electron chi connectivity index (χ2n) is 4.93. The van der Waals surface area contributed by atoms with E-state index < -0.39 is 0 Å². The van der Waals surface area contributed by atoms with Crippen LogP contribution in [0.15, 0.2) is 17.1 Å². The van der Waals surface area contributed by atoms with Gasteiger partial charge in [-0.15, -0.1) is 0 Å². The predicted molar refractivity (Wildman–Crippen MR) is 74.2 cm³/mol. The van der Waals surface area contributed by atoms with E-state index in [1.54, 1.807) is 11.8 Å². The number of halogens is 1. The quantitative estimate of drug-likeness (QED) is 0.806. The van der Waals surface area contributed by atoms with E-state index in [0.29, 0.717) is 17.3 Å². The van der Waals surface area contributed by atoms with E-state index in [4.69, 9.17) is 0 Å². The molecule has 0 bridgehead atoms. The van der Waals surface area contributed by atoms with Crippen molar-refractivity contribution < 1.29 is 4.79 Å². The van der Waals surface area contributed by atoms with Crippen LogP contribution in [-0.4, -0.2) is 33.7 Å². The third kappa shape index (κ3) is 2.66. The monoisotopic (exact) mass is 312 g/mol. The van der Waals surface area contributed by atoms with Gasteiger partial charge in [0.1, 0.15) is 5.56 Å². The number of carbonyl (C=O) groups is 1. The molecule has 98 valence electrons. The van der Waals surface area contributed by atoms with E-state index in [0.717, 1.165) is 18.7 Å². The molecule has 1 aliphatic rings. The van der Waals surface area contributed by atoms with E-state index in [2.05, 4.69) is 27.8 Å². The number of aromatic amines is 1. The minimum atomic E-state index is -0.207. The van der Waals surface area contributed by atoms with Gasteiger partial charge in [-0.1, -0.05) is 22.9 Å². The maximum Gasteiger partial charge on any atom is 0.259 e. The molecule has 2 atom stereocenters. The van der Waals surface area contributed by atoms with Crippen LogP contribution in [0, 0.1) is 12.8 Å². The first-order valence-electron chi connectivity index (χ1n) is 6.11. The van der Waals surface area contributed by atoms with Gasteiger partial charge in [0.05, 0.1) is 0 Å². The number of nitrogens with zero attached hydrogens (tertiary/aromatic N) is 1. The molecule has 0 radical (unpaired) electrons. The van der Waals surface area contributed by atoms with Crippen molar-refractivity contribution in [2.45, 2.75) is 25.1 Å². The SMILES string of the molecule is Cc1cc(=O)c(C(=O)N2CCC(C)C(Br)C2)c[nH]1. The Hall–Kier alpha value is -1.10. The molecule has 0 spiro atoms. The van der Waals surface area contributed by atoms with Crippen LogP contribution in [-0.2, 0) is 0 Å². The molecule has 1 amide bonds. The average molecular weight is 313 g/mol. The number of aromatic nitrogens is 1. The summed E-state index contributed by atoms with van der Waals surface area (Å²) in [5, 5.41) is 0. The first-order valence-corrected chi connectivity index (χ1v) is 7.03. The van der Waals surface area contributed by atoms with Gasteiger partial charge in [-0.05, 0) is 19.3 Å². The summed E-state index contributed by atoms with van der Waals surface area (Å²) in [6.45, 7) is 5.34. The van der Waals surface area contributed by atoms with Gasteiger partial charge in [-0.2, -0.15) is 0 Å². The molecule has 0 saturated carbocycles. The van der Waals surface area contributed by atoms with Crippen molar-refractivity contribution in [1.82, 2.24) is 9.88 Å². The lowest BCUT2D eigenvalue weighted by atomic mass is 9.98. The predicted octanol–water partition coefficient (Wildman–Crippen LogP) is 1.93. The van der Waals surface area contributed by atoms with Crippen LogP contribution < -0.4 is 5.43 Å². The molecule has 2 unspecified atom stereocenters. The zero-order valence-corrected chi connectivity index (χ0v) is 12.2. The molecule has 2 rings (SSSR count). The Labute approximate surface area is 115 Å². The van der Waals surface area contributed by atoms with Gasteiger partial charge in [-0.3, -0.25) is 9.59 Å². The largest absolute Gasteiger partial charge is 0.364 e. The summed E-state index contributed by atoms with van der Waals surface area (Å²) >= 11 is 3.59. The van der Waals surface area contributed by atoms with Crippen LogP contribution in [0.25, 0.3) is 0 Å². The van der Waals surface area contributed by atoms with Crippen molar-refractivity contribution in [2.24, 2.45) is 5.92 Å². The van der Waals surface area contributed by atoms with E-state index >= 15 is 0 Å². The zero-order valence-electron chi connectivity index (χ0n) is 10.6. The normalized spacial score (nSPS) is 24.1. The van der Waals surface area contributed by atoms with Crippen molar-refractivity contribution in [2.75, 3.05) is 13.1 Å². The van der Waals surface area contributed by atoms with Crippen molar-refractivity contribution in [1.29, 1.82) is 0 Å². The number of carbonyl (C=O) groups excluding carboxylic acids is 1. The van der Waals surface area contributed by atoms with Crippen LogP contribution in [0.2, 0.25) is 0 Å². The lowest BCUT2D eigenvalue weighted by molar-refractivity contribution is 0.0704. The maximum absolute atomic E-state index is 12.3. The summed E-state index contributed by atoms with van der Waals surface area (Å²) in [5.74, 6) is 0.387. The Morgan fingerprint density at radius 2 is 2.28 bits per heavy atom. The van der Waals surface area contributed by atoms with Gasteiger partial charge in [0.15, 0.2) is 5.43 Å². The highest BCUT2D eigenvalue weighted by Gasteiger charge is 2.28. The molecule has 1 fully saturated rings. The molecule has 0 aromatic carbocycles. The molecule has 1 aliphatic heterocycles. The van der Waals surface area contributed by atoms with Crippen molar-refractivity contribution in [3.8, 4) is 0 Å². The van der Waals surface area contributed by atoms with Crippen molar-refractivity contribution >= 4 is 21.8 Å². The molecule has 18 heavy (non-hydrogen) atoms. The van der Waals surface area contributed by atoms with Gasteiger partial charge in [0.25, 0.3) is 5.91 Å². The van der Waals surface area contributed by atoms with E-state index in [-0.39, 0.29) is 16.9 Å². The summed E-state index contributed by atoms with van der Waals surface area (Å²) < 4.78 is 0. The average Bonchev–Trinajstić information content (AvgIpc) is 2.32. The van der Waals surface area contributed by atoms with Crippen molar-refractivity contribution in [3.05, 3.63) is 33.7 Å². The fourth-order valence-corrected chi connectivity index (χ4v) is 2.73. The van der Waals surface area contributed by atoms with Crippen LogP contribution in [0.3, 0.4) is 0 Å². The van der Waals surface area contributed by atoms with Crippen LogP contribution in [0.5, 0.6) is 0 Å². The molecule has 2 heterocycles. The van der Waals surface area contributed by atoms with E-state index in [1.807, 2.05) is 0 Å². The fraction of sp³-hybridized carbons (Fsp3) is 0.538. The van der Waals surface area contributed by atoms with E-state index in [9.17, 15) is 9.59 Å². The number of nitrogens with one attached hydrogen (secondary N) is 1. The Kier molecular flexibility index (Phi) is 3.90. The highest BCUT2D eigenvalue weighted by atomic mass is 79.9. The van der Waals surface area contributed by atoms with Gasteiger partial charge in [-0.25, -0.2) is 0 Å². The summed E-state index contributed by atoms with van der Waals surface area (Å²) in [7, 11) is 0. The second kappa shape index (κ2) is 5.26. The Morgan fingerprint density at radius 1 is 1.56 bits per heavy atom. The molecule has 1 saturated heterocycles. The number of hydrogen-bond donors (Lipinski definition) is 1. The number of likely N-dealkylation sites (tertiary alicyclic amines) is 1. The van der Waals surface area contributed by atoms with Crippen LogP contribution in [0.4, 0.5) is 0 Å². The standard InChI is InChI=1S/C13H17BrN2O2/c1-8-3-4-16(7-11(8)14)13(18)10-6-15-9(2)5-12(10)17/h5-6,8,11H,3-4,7H2,1-2H3,(H,15,17). The van der Waals surface area contributed by atoms with Gasteiger partial charge < -0.3 is 9.88 Å².